The Morgan fingerprint density at radius 2 is 1.93 bits per heavy atom. The molecule has 0 saturated heterocycles. The van der Waals surface area contributed by atoms with Gasteiger partial charge in [0.1, 0.15) is 5.75 Å². The number of para-hydroxylation sites is 1. The van der Waals surface area contributed by atoms with E-state index in [4.69, 9.17) is 4.74 Å². The number of carbonyl (C=O) groups excluding carboxylic acids is 1. The Labute approximate surface area is 181 Å². The Morgan fingerprint density at radius 1 is 1.20 bits per heavy atom. The van der Waals surface area contributed by atoms with Crippen molar-refractivity contribution in [2.24, 2.45) is 0 Å². The Bertz CT molecular complexity index is 971. The smallest absolute Gasteiger partial charge is 0.234 e. The van der Waals surface area contributed by atoms with Gasteiger partial charge in [-0.3, -0.25) is 9.36 Å². The molecule has 1 N–H and O–H groups in total. The first-order chi connectivity index (χ1) is 14.6. The van der Waals surface area contributed by atoms with Crippen molar-refractivity contribution in [1.82, 2.24) is 14.8 Å². The maximum absolute atomic E-state index is 12.4. The molecule has 1 unspecified atom stereocenters. The summed E-state index contributed by atoms with van der Waals surface area (Å²) >= 11 is 1.34. The third-order valence-electron chi connectivity index (χ3n) is 4.46. The molecule has 0 saturated carbocycles. The molecular weight excluding hydrogens is 396 g/mol. The number of aromatic nitrogens is 3. The Balaban J connectivity index is 1.63. The van der Waals surface area contributed by atoms with Crippen LogP contribution in [0.25, 0.3) is 0 Å². The van der Waals surface area contributed by atoms with Gasteiger partial charge in [-0.2, -0.15) is 0 Å². The van der Waals surface area contributed by atoms with Crippen LogP contribution in [0.15, 0.2) is 72.4 Å². The zero-order chi connectivity index (χ0) is 21.3. The average Bonchev–Trinajstić information content (AvgIpc) is 3.16. The number of amides is 1. The van der Waals surface area contributed by atoms with Crippen molar-refractivity contribution < 1.29 is 9.53 Å². The van der Waals surface area contributed by atoms with Gasteiger partial charge in [-0.05, 0) is 43.2 Å². The minimum atomic E-state index is -0.292. The highest BCUT2D eigenvalue weighted by molar-refractivity contribution is 7.99. The summed E-state index contributed by atoms with van der Waals surface area (Å²) in [5, 5.41) is 12.1. The molecule has 3 aromatic rings. The van der Waals surface area contributed by atoms with Crippen molar-refractivity contribution in [3.8, 4) is 5.75 Å². The summed E-state index contributed by atoms with van der Waals surface area (Å²) in [7, 11) is 0. The van der Waals surface area contributed by atoms with Gasteiger partial charge in [-0.25, -0.2) is 0 Å². The zero-order valence-electron chi connectivity index (χ0n) is 17.2. The minimum absolute atomic E-state index is 0.0902. The monoisotopic (exact) mass is 422 g/mol. The lowest BCUT2D eigenvalue weighted by Gasteiger charge is -2.15. The fourth-order valence-electron chi connectivity index (χ4n) is 2.92. The molecule has 0 aliphatic heterocycles. The largest absolute Gasteiger partial charge is 0.483 e. The summed E-state index contributed by atoms with van der Waals surface area (Å²) in [6.45, 7) is 8.38. The fourth-order valence-corrected chi connectivity index (χ4v) is 3.67. The molecule has 0 aliphatic rings. The first-order valence-electron chi connectivity index (χ1n) is 9.88. The first kappa shape index (κ1) is 21.6. The molecular formula is C23H26N4O2S. The number of nitrogens with one attached hydrogen (secondary N) is 1. The molecule has 1 heterocycles. The number of thioether (sulfide) groups is 1. The third-order valence-corrected chi connectivity index (χ3v) is 5.42. The van der Waals surface area contributed by atoms with Crippen LogP contribution in [-0.4, -0.2) is 26.4 Å². The van der Waals surface area contributed by atoms with E-state index in [2.05, 4.69) is 29.0 Å². The van der Waals surface area contributed by atoms with Crippen LogP contribution in [0.2, 0.25) is 0 Å². The summed E-state index contributed by atoms with van der Waals surface area (Å²) < 4.78 is 7.90. The van der Waals surface area contributed by atoms with Gasteiger partial charge in [0.15, 0.2) is 17.1 Å². The van der Waals surface area contributed by atoms with E-state index < -0.39 is 0 Å². The number of anilines is 1. The van der Waals surface area contributed by atoms with Gasteiger partial charge in [0.2, 0.25) is 5.91 Å². The molecule has 30 heavy (non-hydrogen) atoms. The van der Waals surface area contributed by atoms with Crippen molar-refractivity contribution in [2.45, 2.75) is 38.1 Å². The number of hydrogen-bond donors (Lipinski definition) is 1. The highest BCUT2D eigenvalue weighted by atomic mass is 32.2. The number of benzene rings is 2. The molecule has 1 amide bonds. The third kappa shape index (κ3) is 5.73. The van der Waals surface area contributed by atoms with Crippen molar-refractivity contribution in [3.63, 3.8) is 0 Å². The van der Waals surface area contributed by atoms with E-state index in [1.807, 2.05) is 66.1 Å². The maximum Gasteiger partial charge on any atom is 0.234 e. The van der Waals surface area contributed by atoms with Gasteiger partial charge in [0.05, 0.1) is 5.75 Å². The van der Waals surface area contributed by atoms with E-state index in [-0.39, 0.29) is 17.8 Å². The van der Waals surface area contributed by atoms with Crippen LogP contribution in [0.5, 0.6) is 5.75 Å². The summed E-state index contributed by atoms with van der Waals surface area (Å²) in [5.74, 6) is 1.60. The van der Waals surface area contributed by atoms with Crippen LogP contribution in [0, 0.1) is 0 Å². The number of rotatable bonds is 10. The van der Waals surface area contributed by atoms with Crippen molar-refractivity contribution in [3.05, 3.63) is 78.6 Å². The normalized spacial score (nSPS) is 11.7. The minimum Gasteiger partial charge on any atom is -0.483 e. The number of aryl methyl sites for hydroxylation is 1. The van der Waals surface area contributed by atoms with Crippen molar-refractivity contribution in [1.29, 1.82) is 0 Å². The first-order valence-corrected chi connectivity index (χ1v) is 10.9. The van der Waals surface area contributed by atoms with Crippen LogP contribution in [-0.2, 0) is 17.8 Å². The molecule has 0 spiro atoms. The number of ether oxygens (including phenoxy) is 1. The van der Waals surface area contributed by atoms with E-state index in [1.165, 1.54) is 17.3 Å². The maximum atomic E-state index is 12.4. The van der Waals surface area contributed by atoms with E-state index in [9.17, 15) is 4.79 Å². The fraction of sp³-hybridized carbons (Fsp3) is 0.261. The van der Waals surface area contributed by atoms with Gasteiger partial charge in [0, 0.05) is 12.2 Å². The standard InChI is InChI=1S/C23H26N4O2S/c1-4-15-27-22(17(3)29-20-9-7-6-8-10-20)25-26-23(27)30-16-21(28)24-19-13-11-18(5-2)12-14-19/h4,6-14,17H,1,5,15-16H2,2-3H3,(H,24,28). The molecule has 7 heteroatoms. The van der Waals surface area contributed by atoms with Crippen molar-refractivity contribution >= 4 is 23.4 Å². The average molecular weight is 423 g/mol. The van der Waals surface area contributed by atoms with Gasteiger partial charge >= 0.3 is 0 Å². The predicted octanol–water partition coefficient (Wildman–Crippen LogP) is 4.90. The van der Waals surface area contributed by atoms with Gasteiger partial charge in [-0.1, -0.05) is 55.1 Å². The number of nitrogens with zero attached hydrogens (tertiary/aromatic N) is 3. The second-order valence-electron chi connectivity index (χ2n) is 6.70. The molecule has 1 aromatic heterocycles. The molecule has 156 valence electrons. The molecule has 6 nitrogen and oxygen atoms in total. The highest BCUT2D eigenvalue weighted by Gasteiger charge is 2.19. The zero-order valence-corrected chi connectivity index (χ0v) is 18.1. The van der Waals surface area contributed by atoms with Crippen LogP contribution < -0.4 is 10.1 Å². The van der Waals surface area contributed by atoms with E-state index in [0.717, 1.165) is 17.9 Å². The van der Waals surface area contributed by atoms with Gasteiger partial charge < -0.3 is 10.1 Å². The predicted molar refractivity (Wildman–Crippen MR) is 121 cm³/mol. The quantitative estimate of drug-likeness (QED) is 0.372. The van der Waals surface area contributed by atoms with E-state index in [0.29, 0.717) is 17.5 Å². The van der Waals surface area contributed by atoms with Crippen LogP contribution in [0.3, 0.4) is 0 Å². The second kappa shape index (κ2) is 10.6. The molecule has 0 fully saturated rings. The van der Waals surface area contributed by atoms with E-state index >= 15 is 0 Å². The van der Waals surface area contributed by atoms with E-state index in [1.54, 1.807) is 6.08 Å². The molecule has 3 rings (SSSR count). The Kier molecular flexibility index (Phi) is 7.68. The molecule has 2 aromatic carbocycles. The summed E-state index contributed by atoms with van der Waals surface area (Å²) in [6, 6.07) is 17.5. The van der Waals surface area contributed by atoms with Crippen molar-refractivity contribution in [2.75, 3.05) is 11.1 Å². The molecule has 1 atom stereocenters. The lowest BCUT2D eigenvalue weighted by atomic mass is 10.1. The molecule has 0 aliphatic carbocycles. The second-order valence-corrected chi connectivity index (χ2v) is 7.64. The van der Waals surface area contributed by atoms with Crippen LogP contribution in [0.4, 0.5) is 5.69 Å². The topological polar surface area (TPSA) is 69.0 Å². The number of allylic oxidation sites excluding steroid dienone is 1. The Morgan fingerprint density at radius 3 is 2.60 bits per heavy atom. The lowest BCUT2D eigenvalue weighted by molar-refractivity contribution is -0.113. The Hall–Kier alpha value is -3.06. The molecule has 0 bridgehead atoms. The number of hydrogen-bond acceptors (Lipinski definition) is 5. The van der Waals surface area contributed by atoms with Crippen LogP contribution in [0.1, 0.15) is 31.3 Å². The summed E-state index contributed by atoms with van der Waals surface area (Å²) in [6.07, 6.45) is 2.46. The lowest BCUT2D eigenvalue weighted by Crippen LogP contribution is -2.15. The SMILES string of the molecule is C=CCn1c(SCC(=O)Nc2ccc(CC)cc2)nnc1C(C)Oc1ccccc1. The van der Waals surface area contributed by atoms with Gasteiger partial charge in [0.25, 0.3) is 0 Å². The van der Waals surface area contributed by atoms with Gasteiger partial charge in [-0.15, -0.1) is 16.8 Å². The highest BCUT2D eigenvalue weighted by Crippen LogP contribution is 2.24. The summed E-state index contributed by atoms with van der Waals surface area (Å²) in [5.41, 5.74) is 2.02. The molecule has 0 radical (unpaired) electrons. The number of carbonyl (C=O) groups is 1. The van der Waals surface area contributed by atoms with Crippen LogP contribution >= 0.6 is 11.8 Å². The summed E-state index contributed by atoms with van der Waals surface area (Å²) in [4.78, 5) is 12.4.